The van der Waals surface area contributed by atoms with E-state index in [1.807, 2.05) is 34.9 Å². The van der Waals surface area contributed by atoms with Crippen molar-refractivity contribution in [3.8, 4) is 0 Å². The topological polar surface area (TPSA) is 69.7 Å². The molecule has 1 N–H and O–H groups in total. The summed E-state index contributed by atoms with van der Waals surface area (Å²) in [5.41, 5.74) is 1.63. The summed E-state index contributed by atoms with van der Waals surface area (Å²) in [4.78, 5) is 41.1. The number of hydrogen-bond donors (Lipinski definition) is 1. The normalized spacial score (nSPS) is 24.6. The maximum absolute atomic E-state index is 12.9. The van der Waals surface area contributed by atoms with Gasteiger partial charge < -0.3 is 15.1 Å². The minimum Gasteiger partial charge on any atom is -0.342 e. The van der Waals surface area contributed by atoms with Crippen LogP contribution in [0.4, 0.5) is 0 Å². The largest absolute Gasteiger partial charge is 0.342 e. The predicted molar refractivity (Wildman–Crippen MR) is 96.5 cm³/mol. The Morgan fingerprint density at radius 2 is 1.96 bits per heavy atom. The number of hydrogen-bond acceptors (Lipinski definition) is 3. The van der Waals surface area contributed by atoms with Crippen molar-refractivity contribution in [3.05, 3.63) is 35.4 Å². The van der Waals surface area contributed by atoms with Crippen LogP contribution in [0.15, 0.2) is 24.3 Å². The maximum atomic E-state index is 12.9. The molecule has 138 valence electrons. The van der Waals surface area contributed by atoms with E-state index in [0.717, 1.165) is 31.5 Å². The molecule has 0 saturated carbocycles. The first kappa shape index (κ1) is 17.1. The second-order valence-corrected chi connectivity index (χ2v) is 7.80. The van der Waals surface area contributed by atoms with E-state index >= 15 is 0 Å². The molecule has 6 heteroatoms. The van der Waals surface area contributed by atoms with Crippen molar-refractivity contribution >= 4 is 17.7 Å². The molecule has 3 aliphatic rings. The van der Waals surface area contributed by atoms with E-state index in [1.54, 1.807) is 6.07 Å². The third-order valence-electron chi connectivity index (χ3n) is 6.21. The molecule has 1 aromatic carbocycles. The Labute approximate surface area is 153 Å². The number of piperidine rings is 1. The monoisotopic (exact) mass is 355 g/mol. The molecule has 2 fully saturated rings. The van der Waals surface area contributed by atoms with Gasteiger partial charge in [-0.2, -0.15) is 0 Å². The summed E-state index contributed by atoms with van der Waals surface area (Å²) in [6, 6.07) is 6.98. The van der Waals surface area contributed by atoms with Crippen LogP contribution in [0.5, 0.6) is 0 Å². The molecule has 0 radical (unpaired) electrons. The number of likely N-dealkylation sites (tertiary alicyclic amines) is 2. The number of carbonyl (C=O) groups is 3. The smallest absolute Gasteiger partial charge is 0.252 e. The van der Waals surface area contributed by atoms with Crippen molar-refractivity contribution in [2.75, 3.05) is 26.2 Å². The number of carbonyl (C=O) groups excluding carboxylic acids is 3. The zero-order chi connectivity index (χ0) is 18.3. The summed E-state index contributed by atoms with van der Waals surface area (Å²) < 4.78 is 0. The Morgan fingerprint density at radius 1 is 1.23 bits per heavy atom. The Balaban J connectivity index is 1.40. The molecule has 3 heterocycles. The molecular weight excluding hydrogens is 330 g/mol. The number of nitrogens with zero attached hydrogens (tertiary/aromatic N) is 2. The Bertz CT molecular complexity index is 752. The van der Waals surface area contributed by atoms with Crippen molar-refractivity contribution < 1.29 is 14.4 Å². The molecule has 3 amide bonds. The quantitative estimate of drug-likeness (QED) is 0.867. The van der Waals surface area contributed by atoms with E-state index in [-0.39, 0.29) is 23.1 Å². The highest BCUT2D eigenvalue weighted by molar-refractivity contribution is 6.00. The fourth-order valence-electron chi connectivity index (χ4n) is 4.60. The Kier molecular flexibility index (Phi) is 4.21. The van der Waals surface area contributed by atoms with Gasteiger partial charge in [0, 0.05) is 50.0 Å². The molecule has 1 spiro atoms. The van der Waals surface area contributed by atoms with Crippen LogP contribution in [0.25, 0.3) is 0 Å². The average Bonchev–Trinajstić information content (AvgIpc) is 2.97. The molecule has 26 heavy (non-hydrogen) atoms. The standard InChI is InChI=1S/C20H25N3O3/c1-2-22-13-20(12-17(22)24)7-9-23(10-8-20)19(26)16-11-14-5-3-4-6-15(14)18(25)21-16/h3-6,16H,2,7-13H2,1H3,(H,21,25). The Morgan fingerprint density at radius 3 is 2.65 bits per heavy atom. The minimum atomic E-state index is -0.483. The molecular formula is C20H25N3O3. The summed E-state index contributed by atoms with van der Waals surface area (Å²) in [6.07, 6.45) is 2.87. The van der Waals surface area contributed by atoms with Crippen LogP contribution in [-0.2, 0) is 16.0 Å². The van der Waals surface area contributed by atoms with E-state index < -0.39 is 6.04 Å². The van der Waals surface area contributed by atoms with Gasteiger partial charge in [0.1, 0.15) is 6.04 Å². The fraction of sp³-hybridized carbons (Fsp3) is 0.550. The van der Waals surface area contributed by atoms with Crippen LogP contribution >= 0.6 is 0 Å². The number of fused-ring (bicyclic) bond motifs is 1. The van der Waals surface area contributed by atoms with Gasteiger partial charge in [-0.05, 0) is 31.4 Å². The summed E-state index contributed by atoms with van der Waals surface area (Å²) in [5.74, 6) is 0.0708. The minimum absolute atomic E-state index is 0.000579. The highest BCUT2D eigenvalue weighted by Gasteiger charge is 2.45. The summed E-state index contributed by atoms with van der Waals surface area (Å²) in [6.45, 7) is 4.92. The first-order chi connectivity index (χ1) is 12.5. The van der Waals surface area contributed by atoms with E-state index in [4.69, 9.17) is 0 Å². The Hall–Kier alpha value is -2.37. The van der Waals surface area contributed by atoms with Crippen LogP contribution < -0.4 is 5.32 Å². The highest BCUT2D eigenvalue weighted by Crippen LogP contribution is 2.41. The van der Waals surface area contributed by atoms with Crippen molar-refractivity contribution in [2.24, 2.45) is 5.41 Å². The number of amides is 3. The van der Waals surface area contributed by atoms with Crippen LogP contribution in [0, 0.1) is 5.41 Å². The molecule has 6 nitrogen and oxygen atoms in total. The van der Waals surface area contributed by atoms with Gasteiger partial charge in [0.15, 0.2) is 0 Å². The van der Waals surface area contributed by atoms with Gasteiger partial charge in [-0.1, -0.05) is 18.2 Å². The lowest BCUT2D eigenvalue weighted by Gasteiger charge is -2.40. The maximum Gasteiger partial charge on any atom is 0.252 e. The molecule has 4 rings (SSSR count). The van der Waals surface area contributed by atoms with Gasteiger partial charge in [0.25, 0.3) is 5.91 Å². The van der Waals surface area contributed by atoms with Crippen LogP contribution in [0.2, 0.25) is 0 Å². The first-order valence-corrected chi connectivity index (χ1v) is 9.47. The van der Waals surface area contributed by atoms with Crippen LogP contribution in [-0.4, -0.2) is 59.7 Å². The lowest BCUT2D eigenvalue weighted by molar-refractivity contribution is -0.135. The molecule has 3 aliphatic heterocycles. The molecule has 1 unspecified atom stereocenters. The average molecular weight is 355 g/mol. The van der Waals surface area contributed by atoms with E-state index in [9.17, 15) is 14.4 Å². The van der Waals surface area contributed by atoms with Gasteiger partial charge in [-0.3, -0.25) is 14.4 Å². The third-order valence-corrected chi connectivity index (χ3v) is 6.21. The SMILES string of the molecule is CCN1CC2(CCN(C(=O)C3Cc4ccccc4C(=O)N3)CC2)CC1=O. The molecule has 0 bridgehead atoms. The second-order valence-electron chi connectivity index (χ2n) is 7.80. The molecule has 1 atom stereocenters. The zero-order valence-electron chi connectivity index (χ0n) is 15.2. The second kappa shape index (κ2) is 6.41. The van der Waals surface area contributed by atoms with E-state index in [1.165, 1.54) is 0 Å². The third kappa shape index (κ3) is 2.87. The van der Waals surface area contributed by atoms with Crippen molar-refractivity contribution in [1.82, 2.24) is 15.1 Å². The molecule has 1 aromatic rings. The number of rotatable bonds is 2. The predicted octanol–water partition coefficient (Wildman–Crippen LogP) is 1.20. The summed E-state index contributed by atoms with van der Waals surface area (Å²) >= 11 is 0. The number of nitrogens with one attached hydrogen (secondary N) is 1. The highest BCUT2D eigenvalue weighted by atomic mass is 16.2. The van der Waals surface area contributed by atoms with Crippen molar-refractivity contribution in [3.63, 3.8) is 0 Å². The van der Waals surface area contributed by atoms with Crippen LogP contribution in [0.1, 0.15) is 42.1 Å². The van der Waals surface area contributed by atoms with Gasteiger partial charge in [0.2, 0.25) is 11.8 Å². The van der Waals surface area contributed by atoms with E-state index in [2.05, 4.69) is 5.32 Å². The summed E-state index contributed by atoms with van der Waals surface area (Å²) in [5, 5.41) is 2.86. The van der Waals surface area contributed by atoms with E-state index in [0.29, 0.717) is 31.5 Å². The van der Waals surface area contributed by atoms with Gasteiger partial charge >= 0.3 is 0 Å². The number of benzene rings is 1. The lowest BCUT2D eigenvalue weighted by atomic mass is 9.77. The zero-order valence-corrected chi connectivity index (χ0v) is 15.2. The fourth-order valence-corrected chi connectivity index (χ4v) is 4.60. The van der Waals surface area contributed by atoms with Crippen molar-refractivity contribution in [2.45, 2.75) is 38.6 Å². The first-order valence-electron chi connectivity index (χ1n) is 9.47. The molecule has 2 saturated heterocycles. The lowest BCUT2D eigenvalue weighted by Crippen LogP contribution is -2.54. The summed E-state index contributed by atoms with van der Waals surface area (Å²) in [7, 11) is 0. The van der Waals surface area contributed by atoms with Gasteiger partial charge in [-0.15, -0.1) is 0 Å². The van der Waals surface area contributed by atoms with Crippen molar-refractivity contribution in [1.29, 1.82) is 0 Å². The molecule has 0 aromatic heterocycles. The van der Waals surface area contributed by atoms with Gasteiger partial charge in [0.05, 0.1) is 0 Å². The van der Waals surface area contributed by atoms with Gasteiger partial charge in [-0.25, -0.2) is 0 Å². The van der Waals surface area contributed by atoms with Crippen LogP contribution in [0.3, 0.4) is 0 Å². The molecule has 0 aliphatic carbocycles.